The van der Waals surface area contributed by atoms with Gasteiger partial charge in [-0.2, -0.15) is 0 Å². The average molecular weight is 304 g/mol. The summed E-state index contributed by atoms with van der Waals surface area (Å²) in [4.78, 5) is 12.7. The number of rotatable bonds is 3. The molecular formula is C19H28O3. The van der Waals surface area contributed by atoms with Gasteiger partial charge in [0.1, 0.15) is 5.76 Å². The van der Waals surface area contributed by atoms with Gasteiger partial charge in [-0.15, -0.1) is 0 Å². The topological polar surface area (TPSA) is 39.4 Å². The molecule has 1 heterocycles. The van der Waals surface area contributed by atoms with E-state index in [-0.39, 0.29) is 5.43 Å². The van der Waals surface area contributed by atoms with Gasteiger partial charge in [0.25, 0.3) is 5.95 Å². The molecule has 0 amide bonds. The quantitative estimate of drug-likeness (QED) is 0.830. The van der Waals surface area contributed by atoms with E-state index in [1.807, 2.05) is 13.8 Å². The standard InChI is InChI=1S/C19H28O3/c1-12-13(2)22-19(21-3)17(18(12)20)11-15-9-6-8-14-7-4-5-10-16(14)15/h14-16H,4-11H2,1-3H3. The van der Waals surface area contributed by atoms with Crippen LogP contribution in [0.15, 0.2) is 9.21 Å². The molecule has 3 nitrogen and oxygen atoms in total. The van der Waals surface area contributed by atoms with Gasteiger partial charge in [0.15, 0.2) is 5.43 Å². The van der Waals surface area contributed by atoms with Crippen molar-refractivity contribution in [3.63, 3.8) is 0 Å². The molecule has 22 heavy (non-hydrogen) atoms. The van der Waals surface area contributed by atoms with E-state index in [0.717, 1.165) is 29.4 Å². The zero-order chi connectivity index (χ0) is 15.7. The predicted octanol–water partition coefficient (Wildman–Crippen LogP) is 4.41. The molecular weight excluding hydrogens is 276 g/mol. The molecule has 122 valence electrons. The number of hydrogen-bond acceptors (Lipinski definition) is 3. The van der Waals surface area contributed by atoms with Crippen molar-refractivity contribution in [1.82, 2.24) is 0 Å². The molecule has 0 aliphatic heterocycles. The molecule has 3 rings (SSSR count). The minimum atomic E-state index is 0.124. The SMILES string of the molecule is COc1oc(C)c(C)c(=O)c1CC1CCCC2CCCCC21. The third-order valence-electron chi connectivity index (χ3n) is 6.01. The van der Waals surface area contributed by atoms with Gasteiger partial charge < -0.3 is 9.15 Å². The zero-order valence-electron chi connectivity index (χ0n) is 14.1. The number of aryl methyl sites for hydroxylation is 1. The normalized spacial score (nSPS) is 28.2. The number of hydrogen-bond donors (Lipinski definition) is 0. The van der Waals surface area contributed by atoms with E-state index in [9.17, 15) is 4.79 Å². The molecule has 2 fully saturated rings. The van der Waals surface area contributed by atoms with Crippen molar-refractivity contribution in [2.75, 3.05) is 7.11 Å². The number of fused-ring (bicyclic) bond motifs is 1. The van der Waals surface area contributed by atoms with E-state index in [4.69, 9.17) is 9.15 Å². The maximum atomic E-state index is 12.7. The Hall–Kier alpha value is -1.25. The smallest absolute Gasteiger partial charge is 0.291 e. The van der Waals surface area contributed by atoms with Crippen LogP contribution in [0.5, 0.6) is 5.95 Å². The van der Waals surface area contributed by atoms with Crippen molar-refractivity contribution in [2.24, 2.45) is 17.8 Å². The second-order valence-electron chi connectivity index (χ2n) is 7.19. The summed E-state index contributed by atoms with van der Waals surface area (Å²) in [6.07, 6.45) is 10.3. The van der Waals surface area contributed by atoms with Crippen molar-refractivity contribution >= 4 is 0 Å². The number of methoxy groups -OCH3 is 1. The van der Waals surface area contributed by atoms with Crippen LogP contribution in [-0.4, -0.2) is 7.11 Å². The first kappa shape index (κ1) is 15.6. The first-order chi connectivity index (χ1) is 10.6. The lowest BCUT2D eigenvalue weighted by molar-refractivity contribution is 0.102. The molecule has 0 spiro atoms. The highest BCUT2D eigenvalue weighted by atomic mass is 16.6. The zero-order valence-corrected chi connectivity index (χ0v) is 14.1. The van der Waals surface area contributed by atoms with Crippen LogP contribution in [0.1, 0.15) is 61.8 Å². The summed E-state index contributed by atoms with van der Waals surface area (Å²) in [5, 5.41) is 0. The van der Waals surface area contributed by atoms with Crippen LogP contribution in [0.4, 0.5) is 0 Å². The van der Waals surface area contributed by atoms with Gasteiger partial charge in [-0.3, -0.25) is 4.79 Å². The van der Waals surface area contributed by atoms with Gasteiger partial charge in [-0.05, 0) is 50.9 Å². The maximum Gasteiger partial charge on any atom is 0.291 e. The Morgan fingerprint density at radius 1 is 1.09 bits per heavy atom. The van der Waals surface area contributed by atoms with Crippen LogP contribution in [0.25, 0.3) is 0 Å². The highest BCUT2D eigenvalue weighted by molar-refractivity contribution is 5.30. The van der Waals surface area contributed by atoms with E-state index < -0.39 is 0 Å². The monoisotopic (exact) mass is 304 g/mol. The second kappa shape index (κ2) is 6.47. The molecule has 1 aromatic rings. The molecule has 3 heteroatoms. The van der Waals surface area contributed by atoms with Crippen LogP contribution in [-0.2, 0) is 6.42 Å². The summed E-state index contributed by atoms with van der Waals surface area (Å²) < 4.78 is 11.1. The van der Waals surface area contributed by atoms with Gasteiger partial charge in [0, 0.05) is 5.56 Å². The Labute approximate surface area is 133 Å². The van der Waals surface area contributed by atoms with E-state index in [1.54, 1.807) is 7.11 Å². The van der Waals surface area contributed by atoms with Crippen LogP contribution in [0.2, 0.25) is 0 Å². The van der Waals surface area contributed by atoms with Crippen molar-refractivity contribution in [2.45, 2.75) is 65.2 Å². The Morgan fingerprint density at radius 3 is 2.59 bits per heavy atom. The molecule has 3 atom stereocenters. The highest BCUT2D eigenvalue weighted by Gasteiger charge is 2.35. The third-order valence-corrected chi connectivity index (χ3v) is 6.01. The summed E-state index contributed by atoms with van der Waals surface area (Å²) in [6, 6.07) is 0. The molecule has 0 aromatic carbocycles. The average Bonchev–Trinajstić information content (AvgIpc) is 2.55. The van der Waals surface area contributed by atoms with Crippen LogP contribution < -0.4 is 10.2 Å². The predicted molar refractivity (Wildman–Crippen MR) is 87.5 cm³/mol. The summed E-state index contributed by atoms with van der Waals surface area (Å²) in [5.41, 5.74) is 1.62. The number of ether oxygens (including phenoxy) is 1. The van der Waals surface area contributed by atoms with Crippen LogP contribution in [0.3, 0.4) is 0 Å². The largest absolute Gasteiger partial charge is 0.468 e. The molecule has 3 unspecified atom stereocenters. The maximum absolute atomic E-state index is 12.7. The van der Waals surface area contributed by atoms with E-state index in [1.165, 1.54) is 44.9 Å². The molecule has 0 saturated heterocycles. The van der Waals surface area contributed by atoms with Crippen molar-refractivity contribution in [3.8, 4) is 5.95 Å². The van der Waals surface area contributed by atoms with Gasteiger partial charge in [-0.25, -0.2) is 0 Å². The molecule has 0 bridgehead atoms. The van der Waals surface area contributed by atoms with Gasteiger partial charge in [0.2, 0.25) is 0 Å². The lowest BCUT2D eigenvalue weighted by Crippen LogP contribution is -2.33. The molecule has 2 aliphatic rings. The summed E-state index contributed by atoms with van der Waals surface area (Å²) in [5.74, 6) is 3.42. The van der Waals surface area contributed by atoms with Crippen molar-refractivity contribution < 1.29 is 9.15 Å². The van der Waals surface area contributed by atoms with Crippen LogP contribution in [0, 0.1) is 31.6 Å². The summed E-state index contributed by atoms with van der Waals surface area (Å²) in [7, 11) is 1.60. The van der Waals surface area contributed by atoms with E-state index >= 15 is 0 Å². The summed E-state index contributed by atoms with van der Waals surface area (Å²) in [6.45, 7) is 3.69. The fourth-order valence-electron chi connectivity index (χ4n) is 4.68. The molecule has 0 radical (unpaired) electrons. The Kier molecular flexibility index (Phi) is 4.60. The van der Waals surface area contributed by atoms with Crippen molar-refractivity contribution in [1.29, 1.82) is 0 Å². The first-order valence-electron chi connectivity index (χ1n) is 8.79. The molecule has 2 saturated carbocycles. The van der Waals surface area contributed by atoms with E-state index in [2.05, 4.69) is 0 Å². The minimum absolute atomic E-state index is 0.124. The highest BCUT2D eigenvalue weighted by Crippen LogP contribution is 2.45. The first-order valence-corrected chi connectivity index (χ1v) is 8.79. The van der Waals surface area contributed by atoms with Gasteiger partial charge in [-0.1, -0.05) is 32.1 Å². The van der Waals surface area contributed by atoms with Gasteiger partial charge in [0.05, 0.1) is 12.7 Å². The molecule has 2 aliphatic carbocycles. The minimum Gasteiger partial charge on any atom is -0.468 e. The summed E-state index contributed by atoms with van der Waals surface area (Å²) >= 11 is 0. The second-order valence-corrected chi connectivity index (χ2v) is 7.19. The molecule has 1 aromatic heterocycles. The fraction of sp³-hybridized carbons (Fsp3) is 0.737. The lowest BCUT2D eigenvalue weighted by Gasteiger charge is -2.41. The van der Waals surface area contributed by atoms with Crippen molar-refractivity contribution in [3.05, 3.63) is 27.1 Å². The Bertz CT molecular complexity index is 585. The third kappa shape index (κ3) is 2.82. The Balaban J connectivity index is 1.89. The van der Waals surface area contributed by atoms with Crippen LogP contribution >= 0.6 is 0 Å². The fourth-order valence-corrected chi connectivity index (χ4v) is 4.68. The Morgan fingerprint density at radius 2 is 1.82 bits per heavy atom. The lowest BCUT2D eigenvalue weighted by atomic mass is 9.64. The van der Waals surface area contributed by atoms with E-state index in [0.29, 0.717) is 17.6 Å². The van der Waals surface area contributed by atoms with Gasteiger partial charge >= 0.3 is 0 Å². The molecule has 0 N–H and O–H groups in total.